The van der Waals surface area contributed by atoms with E-state index in [2.05, 4.69) is 25.7 Å². The van der Waals surface area contributed by atoms with Crippen LogP contribution >= 0.6 is 0 Å². The number of hydrogen-bond acceptors (Lipinski definition) is 3. The van der Waals surface area contributed by atoms with Crippen LogP contribution in [0.1, 0.15) is 52.9 Å². The molecule has 1 saturated carbocycles. The standard InChI is InChI=1S/C15H30N2O/c1-12-9-17(11-15(2,3)18-12)10-13-7-5-4-6-8-14(13)16/h12-14H,4-11,16H2,1-3H3. The van der Waals surface area contributed by atoms with E-state index in [0.29, 0.717) is 18.1 Å². The lowest BCUT2D eigenvalue weighted by atomic mass is 9.93. The van der Waals surface area contributed by atoms with Gasteiger partial charge in [-0.25, -0.2) is 0 Å². The predicted molar refractivity (Wildman–Crippen MR) is 75.6 cm³/mol. The van der Waals surface area contributed by atoms with Gasteiger partial charge in [0.1, 0.15) is 0 Å². The second-order valence-electron chi connectivity index (χ2n) is 6.94. The molecule has 3 nitrogen and oxygen atoms in total. The van der Waals surface area contributed by atoms with Crippen molar-refractivity contribution in [2.24, 2.45) is 11.7 Å². The van der Waals surface area contributed by atoms with Crippen molar-refractivity contribution >= 4 is 0 Å². The smallest absolute Gasteiger partial charge is 0.0757 e. The average molecular weight is 254 g/mol. The molecule has 0 radical (unpaired) electrons. The van der Waals surface area contributed by atoms with Crippen molar-refractivity contribution in [3.8, 4) is 0 Å². The molecule has 0 amide bonds. The van der Waals surface area contributed by atoms with E-state index in [4.69, 9.17) is 10.5 Å². The Bertz CT molecular complexity index is 267. The van der Waals surface area contributed by atoms with Crippen molar-refractivity contribution < 1.29 is 4.74 Å². The summed E-state index contributed by atoms with van der Waals surface area (Å²) >= 11 is 0. The summed E-state index contributed by atoms with van der Waals surface area (Å²) in [6, 6.07) is 0.411. The summed E-state index contributed by atoms with van der Waals surface area (Å²) in [5.41, 5.74) is 6.33. The van der Waals surface area contributed by atoms with Crippen LogP contribution in [-0.2, 0) is 4.74 Å². The van der Waals surface area contributed by atoms with Crippen molar-refractivity contribution in [1.82, 2.24) is 4.90 Å². The van der Waals surface area contributed by atoms with E-state index in [1.54, 1.807) is 0 Å². The Kier molecular flexibility index (Phi) is 4.68. The van der Waals surface area contributed by atoms with E-state index >= 15 is 0 Å². The highest BCUT2D eigenvalue weighted by Gasteiger charge is 2.33. The number of nitrogens with zero attached hydrogens (tertiary/aromatic N) is 1. The van der Waals surface area contributed by atoms with Crippen LogP contribution in [0.25, 0.3) is 0 Å². The first-order chi connectivity index (χ1) is 8.46. The third-order valence-electron chi connectivity index (χ3n) is 4.35. The fraction of sp³-hybridized carbons (Fsp3) is 1.00. The molecule has 3 heteroatoms. The molecule has 0 aromatic heterocycles. The summed E-state index contributed by atoms with van der Waals surface area (Å²) in [6.45, 7) is 9.85. The summed E-state index contributed by atoms with van der Waals surface area (Å²) in [4.78, 5) is 2.57. The Morgan fingerprint density at radius 2 is 1.94 bits per heavy atom. The van der Waals surface area contributed by atoms with Crippen LogP contribution in [-0.4, -0.2) is 42.3 Å². The molecule has 1 aliphatic carbocycles. The number of rotatable bonds is 2. The molecule has 0 aromatic rings. The summed E-state index contributed by atoms with van der Waals surface area (Å²) in [6.07, 6.45) is 6.93. The monoisotopic (exact) mass is 254 g/mol. The van der Waals surface area contributed by atoms with Crippen molar-refractivity contribution in [1.29, 1.82) is 0 Å². The van der Waals surface area contributed by atoms with E-state index in [1.165, 1.54) is 32.1 Å². The molecule has 1 aliphatic heterocycles. The molecular formula is C15H30N2O. The minimum Gasteiger partial charge on any atom is -0.370 e. The van der Waals surface area contributed by atoms with E-state index in [-0.39, 0.29) is 5.60 Å². The summed E-state index contributed by atoms with van der Waals surface area (Å²) < 4.78 is 5.97. The van der Waals surface area contributed by atoms with Crippen LogP contribution in [0, 0.1) is 5.92 Å². The van der Waals surface area contributed by atoms with Gasteiger partial charge in [-0.05, 0) is 39.5 Å². The molecule has 0 aromatic carbocycles. The quantitative estimate of drug-likeness (QED) is 0.769. The number of morpholine rings is 1. The third-order valence-corrected chi connectivity index (χ3v) is 4.35. The van der Waals surface area contributed by atoms with Gasteiger partial charge in [-0.15, -0.1) is 0 Å². The van der Waals surface area contributed by atoms with Gasteiger partial charge in [0, 0.05) is 25.7 Å². The van der Waals surface area contributed by atoms with Gasteiger partial charge in [0.05, 0.1) is 11.7 Å². The summed E-state index contributed by atoms with van der Waals surface area (Å²) in [5.74, 6) is 0.689. The van der Waals surface area contributed by atoms with Gasteiger partial charge in [0.25, 0.3) is 0 Å². The molecule has 0 bridgehead atoms. The lowest BCUT2D eigenvalue weighted by Gasteiger charge is -2.43. The zero-order valence-corrected chi connectivity index (χ0v) is 12.3. The van der Waals surface area contributed by atoms with Crippen LogP contribution in [0.4, 0.5) is 0 Å². The normalized spacial score (nSPS) is 38.3. The highest BCUT2D eigenvalue weighted by Crippen LogP contribution is 2.26. The highest BCUT2D eigenvalue weighted by atomic mass is 16.5. The van der Waals surface area contributed by atoms with Gasteiger partial charge >= 0.3 is 0 Å². The van der Waals surface area contributed by atoms with Gasteiger partial charge in [0.15, 0.2) is 0 Å². The van der Waals surface area contributed by atoms with Gasteiger partial charge in [-0.1, -0.05) is 19.3 Å². The molecule has 1 heterocycles. The molecular weight excluding hydrogens is 224 g/mol. The van der Waals surface area contributed by atoms with E-state index in [0.717, 1.165) is 19.6 Å². The maximum Gasteiger partial charge on any atom is 0.0757 e. The zero-order chi connectivity index (χ0) is 13.2. The Morgan fingerprint density at radius 3 is 2.67 bits per heavy atom. The maximum absolute atomic E-state index is 6.34. The van der Waals surface area contributed by atoms with E-state index in [9.17, 15) is 0 Å². The van der Waals surface area contributed by atoms with Crippen LogP contribution < -0.4 is 5.73 Å². The molecule has 2 rings (SSSR count). The maximum atomic E-state index is 6.34. The van der Waals surface area contributed by atoms with Crippen molar-refractivity contribution in [2.75, 3.05) is 19.6 Å². The molecule has 3 atom stereocenters. The molecule has 3 unspecified atom stereocenters. The van der Waals surface area contributed by atoms with Crippen LogP contribution in [0.15, 0.2) is 0 Å². The Hall–Kier alpha value is -0.120. The Morgan fingerprint density at radius 1 is 1.22 bits per heavy atom. The van der Waals surface area contributed by atoms with Crippen LogP contribution in [0.2, 0.25) is 0 Å². The molecule has 1 saturated heterocycles. The largest absolute Gasteiger partial charge is 0.370 e. The van der Waals surface area contributed by atoms with E-state index < -0.39 is 0 Å². The summed E-state index contributed by atoms with van der Waals surface area (Å²) in [7, 11) is 0. The highest BCUT2D eigenvalue weighted by molar-refractivity contribution is 4.86. The molecule has 2 N–H and O–H groups in total. The van der Waals surface area contributed by atoms with E-state index in [1.807, 2.05) is 0 Å². The first-order valence-corrected chi connectivity index (χ1v) is 7.62. The van der Waals surface area contributed by atoms with Crippen molar-refractivity contribution in [2.45, 2.75) is 70.6 Å². The minimum atomic E-state index is -0.00745. The zero-order valence-electron chi connectivity index (χ0n) is 12.3. The predicted octanol–water partition coefficient (Wildman–Crippen LogP) is 2.39. The van der Waals surface area contributed by atoms with Crippen molar-refractivity contribution in [3.05, 3.63) is 0 Å². The number of ether oxygens (including phenoxy) is 1. The second kappa shape index (κ2) is 5.89. The molecule has 2 aliphatic rings. The van der Waals surface area contributed by atoms with Crippen LogP contribution in [0.5, 0.6) is 0 Å². The molecule has 106 valence electrons. The van der Waals surface area contributed by atoms with Gasteiger partial charge in [-0.3, -0.25) is 4.90 Å². The average Bonchev–Trinajstić information content (AvgIpc) is 2.41. The van der Waals surface area contributed by atoms with Gasteiger partial charge < -0.3 is 10.5 Å². The first kappa shape index (κ1) is 14.3. The Balaban J connectivity index is 1.91. The fourth-order valence-electron chi connectivity index (χ4n) is 3.70. The second-order valence-corrected chi connectivity index (χ2v) is 6.94. The summed E-state index contributed by atoms with van der Waals surface area (Å²) in [5, 5.41) is 0. The number of nitrogens with two attached hydrogens (primary N) is 1. The van der Waals surface area contributed by atoms with Gasteiger partial charge in [0.2, 0.25) is 0 Å². The first-order valence-electron chi connectivity index (χ1n) is 7.62. The molecule has 2 fully saturated rings. The van der Waals surface area contributed by atoms with Gasteiger partial charge in [-0.2, -0.15) is 0 Å². The lowest BCUT2D eigenvalue weighted by Crippen LogP contribution is -2.54. The molecule has 18 heavy (non-hydrogen) atoms. The fourth-order valence-corrected chi connectivity index (χ4v) is 3.70. The Labute approximate surface area is 112 Å². The number of hydrogen-bond donors (Lipinski definition) is 1. The SMILES string of the molecule is CC1CN(CC2CCCCCC2N)CC(C)(C)O1. The minimum absolute atomic E-state index is 0.00745. The third kappa shape index (κ3) is 3.94. The lowest BCUT2D eigenvalue weighted by molar-refractivity contribution is -0.131. The van der Waals surface area contributed by atoms with Crippen molar-refractivity contribution in [3.63, 3.8) is 0 Å². The van der Waals surface area contributed by atoms with Crippen LogP contribution in [0.3, 0.4) is 0 Å². The molecule has 0 spiro atoms. The topological polar surface area (TPSA) is 38.5 Å².